The van der Waals surface area contributed by atoms with Crippen LogP contribution in [0.15, 0.2) is 42.7 Å². The molecule has 1 amide bonds. The van der Waals surface area contributed by atoms with E-state index in [-0.39, 0.29) is 18.0 Å². The molecule has 0 saturated carbocycles. The van der Waals surface area contributed by atoms with E-state index in [4.69, 9.17) is 4.74 Å². The average molecular weight is 310 g/mol. The summed E-state index contributed by atoms with van der Waals surface area (Å²) in [6, 6.07) is 9.94. The molecule has 2 N–H and O–H groups in total. The minimum Gasteiger partial charge on any atom is -0.461 e. The van der Waals surface area contributed by atoms with Crippen LogP contribution in [0, 0.1) is 0 Å². The van der Waals surface area contributed by atoms with Gasteiger partial charge in [0.25, 0.3) is 5.91 Å². The molecule has 0 atom stereocenters. The number of aromatic amines is 1. The van der Waals surface area contributed by atoms with Crippen LogP contribution in [0.5, 0.6) is 0 Å². The second kappa shape index (κ2) is 6.27. The standard InChI is InChI=1S/C16H14N4O3/c1-2-23-16(22)13-5-3-4-12(20-13)15(21)19-10-6-7-11-14(8-10)18-9-17-11/h3-9H,2H2,1H3,(H,17,18)(H,19,21). The van der Waals surface area contributed by atoms with E-state index in [9.17, 15) is 9.59 Å². The number of benzene rings is 1. The lowest BCUT2D eigenvalue weighted by Crippen LogP contribution is -2.16. The minimum atomic E-state index is -0.555. The number of esters is 1. The molecular formula is C16H14N4O3. The van der Waals surface area contributed by atoms with E-state index >= 15 is 0 Å². The maximum absolute atomic E-state index is 12.3. The zero-order valence-corrected chi connectivity index (χ0v) is 12.4. The number of anilines is 1. The lowest BCUT2D eigenvalue weighted by molar-refractivity contribution is 0.0519. The third-order valence-corrected chi connectivity index (χ3v) is 3.14. The Morgan fingerprint density at radius 1 is 1.22 bits per heavy atom. The van der Waals surface area contributed by atoms with Crippen molar-refractivity contribution in [3.05, 3.63) is 54.1 Å². The SMILES string of the molecule is CCOC(=O)c1cccc(C(=O)Nc2ccc3nc[nH]c3c2)n1. The fraction of sp³-hybridized carbons (Fsp3) is 0.125. The molecule has 0 aliphatic heterocycles. The Balaban J connectivity index is 1.79. The first-order chi connectivity index (χ1) is 11.2. The van der Waals surface area contributed by atoms with Crippen molar-refractivity contribution in [3.8, 4) is 0 Å². The fourth-order valence-electron chi connectivity index (χ4n) is 2.09. The van der Waals surface area contributed by atoms with Gasteiger partial charge in [-0.15, -0.1) is 0 Å². The van der Waals surface area contributed by atoms with Gasteiger partial charge >= 0.3 is 5.97 Å². The van der Waals surface area contributed by atoms with Gasteiger partial charge in [0, 0.05) is 5.69 Å². The molecule has 0 saturated heterocycles. The number of carbonyl (C=O) groups is 2. The maximum atomic E-state index is 12.3. The van der Waals surface area contributed by atoms with Crippen LogP contribution in [-0.2, 0) is 4.74 Å². The third kappa shape index (κ3) is 3.18. The van der Waals surface area contributed by atoms with E-state index < -0.39 is 11.9 Å². The normalized spacial score (nSPS) is 10.5. The number of carbonyl (C=O) groups excluding carboxylic acids is 2. The Morgan fingerprint density at radius 3 is 2.87 bits per heavy atom. The summed E-state index contributed by atoms with van der Waals surface area (Å²) in [6.45, 7) is 1.96. The molecule has 0 spiro atoms. The third-order valence-electron chi connectivity index (χ3n) is 3.14. The van der Waals surface area contributed by atoms with Gasteiger partial charge in [0.05, 0.1) is 24.0 Å². The summed E-state index contributed by atoms with van der Waals surface area (Å²) in [5, 5.41) is 2.74. The second-order valence-electron chi connectivity index (χ2n) is 4.72. The number of nitrogens with zero attached hydrogens (tertiary/aromatic N) is 2. The number of fused-ring (bicyclic) bond motifs is 1. The van der Waals surface area contributed by atoms with Crippen LogP contribution in [0.2, 0.25) is 0 Å². The lowest BCUT2D eigenvalue weighted by atomic mass is 10.2. The zero-order valence-electron chi connectivity index (χ0n) is 12.4. The predicted molar refractivity (Wildman–Crippen MR) is 84.2 cm³/mol. The first-order valence-electron chi connectivity index (χ1n) is 7.06. The molecule has 116 valence electrons. The number of H-pyrrole nitrogens is 1. The molecule has 7 nitrogen and oxygen atoms in total. The number of ether oxygens (including phenoxy) is 1. The van der Waals surface area contributed by atoms with Gasteiger partial charge in [-0.2, -0.15) is 0 Å². The summed E-state index contributed by atoms with van der Waals surface area (Å²) in [4.78, 5) is 35.1. The number of nitrogens with one attached hydrogen (secondary N) is 2. The van der Waals surface area contributed by atoms with Gasteiger partial charge in [-0.1, -0.05) is 6.07 Å². The predicted octanol–water partition coefficient (Wildman–Crippen LogP) is 2.39. The summed E-state index contributed by atoms with van der Waals surface area (Å²) in [6.07, 6.45) is 1.58. The molecule has 7 heteroatoms. The minimum absolute atomic E-state index is 0.100. The highest BCUT2D eigenvalue weighted by Gasteiger charge is 2.13. The van der Waals surface area contributed by atoms with E-state index in [1.165, 1.54) is 12.1 Å². The van der Waals surface area contributed by atoms with Crippen LogP contribution >= 0.6 is 0 Å². The fourth-order valence-corrected chi connectivity index (χ4v) is 2.09. The highest BCUT2D eigenvalue weighted by molar-refractivity contribution is 6.04. The van der Waals surface area contributed by atoms with Gasteiger partial charge in [-0.3, -0.25) is 4.79 Å². The van der Waals surface area contributed by atoms with E-state index in [2.05, 4.69) is 20.3 Å². The quantitative estimate of drug-likeness (QED) is 0.721. The van der Waals surface area contributed by atoms with Gasteiger partial charge in [0.2, 0.25) is 0 Å². The topological polar surface area (TPSA) is 97.0 Å². The van der Waals surface area contributed by atoms with Gasteiger partial charge in [-0.25, -0.2) is 14.8 Å². The molecule has 23 heavy (non-hydrogen) atoms. The van der Waals surface area contributed by atoms with E-state index in [1.807, 2.05) is 0 Å². The van der Waals surface area contributed by atoms with E-state index in [1.54, 1.807) is 37.5 Å². The van der Waals surface area contributed by atoms with Crippen molar-refractivity contribution in [1.29, 1.82) is 0 Å². The van der Waals surface area contributed by atoms with Crippen molar-refractivity contribution in [2.24, 2.45) is 0 Å². The first kappa shape index (κ1) is 14.7. The number of imidazole rings is 1. The van der Waals surface area contributed by atoms with Gasteiger partial charge in [0.1, 0.15) is 11.4 Å². The number of rotatable bonds is 4. The van der Waals surface area contributed by atoms with Crippen LogP contribution in [0.4, 0.5) is 5.69 Å². The molecule has 0 radical (unpaired) electrons. The van der Waals surface area contributed by atoms with E-state index in [0.717, 1.165) is 11.0 Å². The van der Waals surface area contributed by atoms with Crippen molar-refractivity contribution in [2.45, 2.75) is 6.92 Å². The number of pyridine rings is 1. The highest BCUT2D eigenvalue weighted by Crippen LogP contribution is 2.16. The van der Waals surface area contributed by atoms with Crippen LogP contribution in [-0.4, -0.2) is 33.4 Å². The molecule has 0 fully saturated rings. The van der Waals surface area contributed by atoms with Crippen LogP contribution < -0.4 is 5.32 Å². The molecule has 3 aromatic rings. The number of amides is 1. The zero-order chi connectivity index (χ0) is 16.2. The van der Waals surface area contributed by atoms with Crippen LogP contribution in [0.25, 0.3) is 11.0 Å². The maximum Gasteiger partial charge on any atom is 0.356 e. The molecule has 2 heterocycles. The lowest BCUT2D eigenvalue weighted by Gasteiger charge is -2.06. The highest BCUT2D eigenvalue weighted by atomic mass is 16.5. The molecule has 2 aromatic heterocycles. The van der Waals surface area contributed by atoms with Crippen LogP contribution in [0.3, 0.4) is 0 Å². The largest absolute Gasteiger partial charge is 0.461 e. The van der Waals surface area contributed by atoms with Crippen molar-refractivity contribution < 1.29 is 14.3 Å². The molecule has 0 aliphatic carbocycles. The van der Waals surface area contributed by atoms with Gasteiger partial charge < -0.3 is 15.0 Å². The summed E-state index contributed by atoms with van der Waals surface area (Å²) in [5.74, 6) is -0.962. The monoisotopic (exact) mass is 310 g/mol. The molecule has 0 aliphatic rings. The molecular weight excluding hydrogens is 296 g/mol. The van der Waals surface area contributed by atoms with Crippen molar-refractivity contribution in [1.82, 2.24) is 15.0 Å². The first-order valence-corrected chi connectivity index (χ1v) is 7.06. The Bertz CT molecular complexity index is 872. The summed E-state index contributed by atoms with van der Waals surface area (Å²) >= 11 is 0. The number of aromatic nitrogens is 3. The number of hydrogen-bond donors (Lipinski definition) is 2. The Morgan fingerprint density at radius 2 is 2.04 bits per heavy atom. The Labute approximate surface area is 131 Å². The second-order valence-corrected chi connectivity index (χ2v) is 4.72. The molecule has 0 bridgehead atoms. The average Bonchev–Trinajstić information content (AvgIpc) is 3.03. The van der Waals surface area contributed by atoms with Crippen molar-refractivity contribution in [2.75, 3.05) is 11.9 Å². The smallest absolute Gasteiger partial charge is 0.356 e. The summed E-state index contributed by atoms with van der Waals surface area (Å²) < 4.78 is 4.88. The van der Waals surface area contributed by atoms with Gasteiger partial charge in [0.15, 0.2) is 0 Å². The molecule has 0 unspecified atom stereocenters. The molecule has 3 rings (SSSR count). The van der Waals surface area contributed by atoms with Gasteiger partial charge in [-0.05, 0) is 37.3 Å². The molecule has 1 aromatic carbocycles. The summed E-state index contributed by atoms with van der Waals surface area (Å²) in [7, 11) is 0. The van der Waals surface area contributed by atoms with Crippen molar-refractivity contribution in [3.63, 3.8) is 0 Å². The summed E-state index contributed by atoms with van der Waals surface area (Å²) in [5.41, 5.74) is 2.47. The Hall–Kier alpha value is -3.22. The number of hydrogen-bond acceptors (Lipinski definition) is 5. The van der Waals surface area contributed by atoms with Crippen molar-refractivity contribution >= 4 is 28.6 Å². The Kier molecular flexibility index (Phi) is 4.01. The van der Waals surface area contributed by atoms with E-state index in [0.29, 0.717) is 5.69 Å². The van der Waals surface area contributed by atoms with Crippen LogP contribution in [0.1, 0.15) is 27.9 Å².